The van der Waals surface area contributed by atoms with E-state index in [2.05, 4.69) is 0 Å². The molecule has 2 rings (SSSR count). The molecule has 0 spiro atoms. The van der Waals surface area contributed by atoms with Gasteiger partial charge in [-0.25, -0.2) is 4.39 Å². The van der Waals surface area contributed by atoms with Crippen LogP contribution in [0.1, 0.15) is 15.9 Å². The maximum Gasteiger partial charge on any atom is 0.168 e. The third-order valence-corrected chi connectivity index (χ3v) is 3.25. The quantitative estimate of drug-likeness (QED) is 0.758. The van der Waals surface area contributed by atoms with E-state index < -0.39 is 0 Å². The highest BCUT2D eigenvalue weighted by Crippen LogP contribution is 2.19. The van der Waals surface area contributed by atoms with Gasteiger partial charge in [0.2, 0.25) is 0 Å². The number of halogens is 2. The fourth-order valence-electron chi connectivity index (χ4n) is 1.38. The van der Waals surface area contributed by atoms with E-state index in [0.29, 0.717) is 16.1 Å². The second-order valence-corrected chi connectivity index (χ2v) is 4.53. The Labute approximate surface area is 101 Å². The summed E-state index contributed by atoms with van der Waals surface area (Å²) in [6.07, 6.45) is 0.132. The van der Waals surface area contributed by atoms with Crippen LogP contribution >= 0.6 is 22.9 Å². The SMILES string of the molecule is O=C(Cc1cc(F)ccc1Cl)c1ccsc1. The number of rotatable bonds is 3. The molecule has 0 bridgehead atoms. The van der Waals surface area contributed by atoms with Gasteiger partial charge in [-0.05, 0) is 35.2 Å². The molecule has 82 valence electrons. The van der Waals surface area contributed by atoms with Gasteiger partial charge in [-0.1, -0.05) is 11.6 Å². The Kier molecular flexibility index (Phi) is 3.36. The predicted octanol–water partition coefficient (Wildman–Crippen LogP) is 3.97. The maximum absolute atomic E-state index is 13.0. The van der Waals surface area contributed by atoms with Gasteiger partial charge >= 0.3 is 0 Å². The molecule has 0 aliphatic heterocycles. The number of benzene rings is 1. The van der Waals surface area contributed by atoms with E-state index in [9.17, 15) is 9.18 Å². The molecule has 0 fully saturated rings. The van der Waals surface area contributed by atoms with E-state index in [4.69, 9.17) is 11.6 Å². The lowest BCUT2D eigenvalue weighted by Gasteiger charge is -2.02. The van der Waals surface area contributed by atoms with Crippen molar-refractivity contribution < 1.29 is 9.18 Å². The molecule has 1 heterocycles. The Morgan fingerprint density at radius 3 is 2.88 bits per heavy atom. The normalized spacial score (nSPS) is 10.4. The Hall–Kier alpha value is -1.19. The minimum Gasteiger partial charge on any atom is -0.294 e. The van der Waals surface area contributed by atoms with E-state index in [1.165, 1.54) is 29.5 Å². The van der Waals surface area contributed by atoms with Gasteiger partial charge in [-0.15, -0.1) is 0 Å². The van der Waals surface area contributed by atoms with Crippen molar-refractivity contribution in [2.75, 3.05) is 0 Å². The number of hydrogen-bond donors (Lipinski definition) is 0. The zero-order valence-corrected chi connectivity index (χ0v) is 9.82. The van der Waals surface area contributed by atoms with Gasteiger partial charge in [0.15, 0.2) is 5.78 Å². The summed E-state index contributed by atoms with van der Waals surface area (Å²) in [7, 11) is 0. The Bertz CT molecular complexity index is 508. The van der Waals surface area contributed by atoms with Gasteiger partial charge in [-0.2, -0.15) is 11.3 Å². The highest BCUT2D eigenvalue weighted by molar-refractivity contribution is 7.08. The molecule has 2 aromatic rings. The predicted molar refractivity (Wildman–Crippen MR) is 63.8 cm³/mol. The average molecular weight is 255 g/mol. The van der Waals surface area contributed by atoms with Crippen molar-refractivity contribution >= 4 is 28.7 Å². The van der Waals surface area contributed by atoms with Gasteiger partial charge in [0.1, 0.15) is 5.82 Å². The van der Waals surface area contributed by atoms with Crippen molar-refractivity contribution in [1.29, 1.82) is 0 Å². The molecule has 1 aromatic carbocycles. The third-order valence-electron chi connectivity index (χ3n) is 2.20. The summed E-state index contributed by atoms with van der Waals surface area (Å²) in [4.78, 5) is 11.8. The van der Waals surface area contributed by atoms with Crippen molar-refractivity contribution in [2.45, 2.75) is 6.42 Å². The van der Waals surface area contributed by atoms with Gasteiger partial charge < -0.3 is 0 Å². The van der Waals surface area contributed by atoms with Crippen molar-refractivity contribution in [2.24, 2.45) is 0 Å². The van der Waals surface area contributed by atoms with Crippen molar-refractivity contribution in [3.05, 3.63) is 57.0 Å². The largest absolute Gasteiger partial charge is 0.294 e. The van der Waals surface area contributed by atoms with E-state index in [-0.39, 0.29) is 18.0 Å². The van der Waals surface area contributed by atoms with Crippen LogP contribution in [-0.4, -0.2) is 5.78 Å². The van der Waals surface area contributed by atoms with Crippen LogP contribution in [0.15, 0.2) is 35.0 Å². The minimum atomic E-state index is -0.377. The molecule has 0 aliphatic rings. The molecule has 4 heteroatoms. The zero-order chi connectivity index (χ0) is 11.5. The smallest absolute Gasteiger partial charge is 0.168 e. The molecular weight excluding hydrogens is 247 g/mol. The summed E-state index contributed by atoms with van der Waals surface area (Å²) in [5, 5.41) is 4.03. The molecule has 0 aliphatic carbocycles. The number of carbonyl (C=O) groups is 1. The molecule has 0 amide bonds. The van der Waals surface area contributed by atoms with Crippen LogP contribution in [0.4, 0.5) is 4.39 Å². The van der Waals surface area contributed by atoms with Crippen LogP contribution in [-0.2, 0) is 6.42 Å². The Morgan fingerprint density at radius 1 is 1.38 bits per heavy atom. The summed E-state index contributed by atoms with van der Waals surface area (Å²) >= 11 is 7.34. The molecule has 16 heavy (non-hydrogen) atoms. The lowest BCUT2D eigenvalue weighted by molar-refractivity contribution is 0.0993. The van der Waals surface area contributed by atoms with Crippen molar-refractivity contribution in [3.8, 4) is 0 Å². The first-order valence-corrected chi connectivity index (χ1v) is 5.98. The minimum absolute atomic E-state index is 0.0475. The van der Waals surface area contributed by atoms with Crippen LogP contribution in [0.25, 0.3) is 0 Å². The van der Waals surface area contributed by atoms with Crippen LogP contribution in [0.3, 0.4) is 0 Å². The lowest BCUT2D eigenvalue weighted by Crippen LogP contribution is -2.02. The van der Waals surface area contributed by atoms with Gasteiger partial charge in [-0.3, -0.25) is 4.79 Å². The van der Waals surface area contributed by atoms with Crippen LogP contribution in [0.2, 0.25) is 5.02 Å². The van der Waals surface area contributed by atoms with Crippen LogP contribution in [0.5, 0.6) is 0 Å². The number of hydrogen-bond acceptors (Lipinski definition) is 2. The Balaban J connectivity index is 2.21. The molecule has 0 unspecified atom stereocenters. The monoisotopic (exact) mass is 254 g/mol. The Morgan fingerprint density at radius 2 is 2.19 bits per heavy atom. The first kappa shape index (κ1) is 11.3. The zero-order valence-electron chi connectivity index (χ0n) is 8.24. The van der Waals surface area contributed by atoms with E-state index in [1.807, 2.05) is 5.38 Å². The van der Waals surface area contributed by atoms with Gasteiger partial charge in [0, 0.05) is 22.4 Å². The molecular formula is C12H8ClFOS. The summed E-state index contributed by atoms with van der Waals surface area (Å²) in [6, 6.07) is 5.79. The highest BCUT2D eigenvalue weighted by atomic mass is 35.5. The molecule has 0 atom stereocenters. The van der Waals surface area contributed by atoms with Crippen molar-refractivity contribution in [1.82, 2.24) is 0 Å². The van der Waals surface area contributed by atoms with Gasteiger partial charge in [0.05, 0.1) is 0 Å². The highest BCUT2D eigenvalue weighted by Gasteiger charge is 2.10. The molecule has 1 aromatic heterocycles. The van der Waals surface area contributed by atoms with E-state index in [1.54, 1.807) is 11.4 Å². The van der Waals surface area contributed by atoms with Crippen molar-refractivity contribution in [3.63, 3.8) is 0 Å². The first-order valence-electron chi connectivity index (χ1n) is 4.66. The molecule has 0 saturated carbocycles. The second kappa shape index (κ2) is 4.76. The summed E-state index contributed by atoms with van der Waals surface area (Å²) in [5.41, 5.74) is 1.17. The van der Waals surface area contributed by atoms with E-state index in [0.717, 1.165) is 0 Å². The number of carbonyl (C=O) groups excluding carboxylic acids is 1. The fourth-order valence-corrected chi connectivity index (χ4v) is 2.22. The second-order valence-electron chi connectivity index (χ2n) is 3.35. The fraction of sp³-hybridized carbons (Fsp3) is 0.0833. The molecule has 1 nitrogen and oxygen atoms in total. The topological polar surface area (TPSA) is 17.1 Å². The average Bonchev–Trinajstić information content (AvgIpc) is 2.76. The lowest BCUT2D eigenvalue weighted by atomic mass is 10.1. The molecule has 0 N–H and O–H groups in total. The summed E-state index contributed by atoms with van der Waals surface area (Å²) < 4.78 is 13.0. The van der Waals surface area contributed by atoms with Crippen LogP contribution < -0.4 is 0 Å². The van der Waals surface area contributed by atoms with Crippen LogP contribution in [0, 0.1) is 5.82 Å². The summed E-state index contributed by atoms with van der Waals surface area (Å²) in [5.74, 6) is -0.425. The first-order chi connectivity index (χ1) is 7.66. The maximum atomic E-state index is 13.0. The van der Waals surface area contributed by atoms with E-state index >= 15 is 0 Å². The summed E-state index contributed by atoms with van der Waals surface area (Å²) in [6.45, 7) is 0. The number of ketones is 1. The number of thiophene rings is 1. The third kappa shape index (κ3) is 2.49. The standard InChI is InChI=1S/C12H8ClFOS/c13-11-2-1-10(14)5-9(11)6-12(15)8-3-4-16-7-8/h1-5,7H,6H2. The molecule has 0 saturated heterocycles. The van der Waals surface area contributed by atoms with Gasteiger partial charge in [0.25, 0.3) is 0 Å². The molecule has 0 radical (unpaired) electrons. The number of Topliss-reactive ketones (excluding diaryl/α,β-unsaturated/α-hetero) is 1.